The quantitative estimate of drug-likeness (QED) is 0.728. The summed E-state index contributed by atoms with van der Waals surface area (Å²) in [6.45, 7) is -0.738. The van der Waals surface area contributed by atoms with Crippen LogP contribution in [0.3, 0.4) is 0 Å². The zero-order chi connectivity index (χ0) is 19.4. The number of urea groups is 1. The van der Waals surface area contributed by atoms with Crippen molar-refractivity contribution in [2.24, 2.45) is 0 Å². The second-order valence-corrected chi connectivity index (χ2v) is 6.20. The average Bonchev–Trinajstić information content (AvgIpc) is 2.81. The molecule has 1 fully saturated rings. The highest BCUT2D eigenvalue weighted by molar-refractivity contribution is 6.31. The van der Waals surface area contributed by atoms with E-state index in [4.69, 9.17) is 16.3 Å². The molecule has 0 radical (unpaired) electrons. The fourth-order valence-corrected chi connectivity index (χ4v) is 2.52. The standard InChI is InChI=1S/C16H19ClN4O5/c1-19(14(23)9-21-15(24)8-20(2)16(21)25)7-13(22)18-11-6-10(17)4-5-12(11)26-3/h4-6H,7-9H2,1-3H3,(H,18,22). The number of methoxy groups -OCH3 is 1. The molecule has 1 aliphatic rings. The van der Waals surface area contributed by atoms with Gasteiger partial charge in [0, 0.05) is 19.1 Å². The minimum atomic E-state index is -0.537. The Labute approximate surface area is 155 Å². The van der Waals surface area contributed by atoms with E-state index >= 15 is 0 Å². The van der Waals surface area contributed by atoms with Crippen molar-refractivity contribution in [3.8, 4) is 5.75 Å². The van der Waals surface area contributed by atoms with Crippen molar-refractivity contribution < 1.29 is 23.9 Å². The molecule has 0 saturated carbocycles. The number of imide groups is 1. The largest absolute Gasteiger partial charge is 0.495 e. The van der Waals surface area contributed by atoms with E-state index in [0.29, 0.717) is 16.5 Å². The molecule has 0 aromatic heterocycles. The first-order valence-electron chi connectivity index (χ1n) is 7.65. The number of hydrogen-bond donors (Lipinski definition) is 1. The number of benzene rings is 1. The van der Waals surface area contributed by atoms with Crippen LogP contribution >= 0.6 is 11.6 Å². The number of amides is 5. The van der Waals surface area contributed by atoms with Gasteiger partial charge in [-0.15, -0.1) is 0 Å². The maximum atomic E-state index is 12.2. The molecule has 0 atom stereocenters. The number of anilines is 1. The Kier molecular flexibility index (Phi) is 6.04. The van der Waals surface area contributed by atoms with E-state index < -0.39 is 30.3 Å². The van der Waals surface area contributed by atoms with Gasteiger partial charge in [0.15, 0.2) is 0 Å². The lowest BCUT2D eigenvalue weighted by Crippen LogP contribution is -2.44. The van der Waals surface area contributed by atoms with Crippen molar-refractivity contribution in [3.63, 3.8) is 0 Å². The monoisotopic (exact) mass is 382 g/mol. The van der Waals surface area contributed by atoms with Crippen LogP contribution in [-0.4, -0.2) is 79.3 Å². The normalized spacial score (nSPS) is 13.8. The molecule has 1 heterocycles. The summed E-state index contributed by atoms with van der Waals surface area (Å²) in [6, 6.07) is 4.21. The van der Waals surface area contributed by atoms with Gasteiger partial charge in [0.2, 0.25) is 11.8 Å². The van der Waals surface area contributed by atoms with Crippen LogP contribution in [0.25, 0.3) is 0 Å². The number of halogens is 1. The number of likely N-dealkylation sites (N-methyl/N-ethyl adjacent to an activating group) is 2. The third-order valence-electron chi connectivity index (χ3n) is 3.77. The Bertz CT molecular complexity index is 754. The summed E-state index contributed by atoms with van der Waals surface area (Å²) in [4.78, 5) is 51.1. The fraction of sp³-hybridized carbons (Fsp3) is 0.375. The molecule has 1 aromatic carbocycles. The molecule has 0 spiro atoms. The van der Waals surface area contributed by atoms with Gasteiger partial charge < -0.3 is 19.9 Å². The average molecular weight is 383 g/mol. The lowest BCUT2D eigenvalue weighted by Gasteiger charge is -2.20. The minimum absolute atomic E-state index is 0.0646. The minimum Gasteiger partial charge on any atom is -0.495 e. The Balaban J connectivity index is 1.94. The first kappa shape index (κ1) is 19.5. The lowest BCUT2D eigenvalue weighted by atomic mass is 10.3. The van der Waals surface area contributed by atoms with Crippen molar-refractivity contribution in [1.82, 2.24) is 14.7 Å². The molecular weight excluding hydrogens is 364 g/mol. The highest BCUT2D eigenvalue weighted by atomic mass is 35.5. The van der Waals surface area contributed by atoms with Gasteiger partial charge in [-0.2, -0.15) is 0 Å². The zero-order valence-electron chi connectivity index (χ0n) is 14.6. The van der Waals surface area contributed by atoms with E-state index in [1.807, 2.05) is 0 Å². The predicted molar refractivity (Wildman–Crippen MR) is 94.0 cm³/mol. The number of rotatable bonds is 6. The van der Waals surface area contributed by atoms with Gasteiger partial charge in [-0.3, -0.25) is 19.3 Å². The highest BCUT2D eigenvalue weighted by Crippen LogP contribution is 2.27. The van der Waals surface area contributed by atoms with E-state index in [2.05, 4.69) is 5.32 Å². The Morgan fingerprint density at radius 3 is 2.62 bits per heavy atom. The Morgan fingerprint density at radius 1 is 1.35 bits per heavy atom. The van der Waals surface area contributed by atoms with Gasteiger partial charge in [0.25, 0.3) is 5.91 Å². The molecule has 1 saturated heterocycles. The van der Waals surface area contributed by atoms with E-state index in [-0.39, 0.29) is 13.1 Å². The molecule has 26 heavy (non-hydrogen) atoms. The summed E-state index contributed by atoms with van der Waals surface area (Å²) < 4.78 is 5.14. The van der Waals surface area contributed by atoms with Crippen LogP contribution in [0, 0.1) is 0 Å². The van der Waals surface area contributed by atoms with Crippen molar-refractivity contribution in [2.45, 2.75) is 0 Å². The van der Waals surface area contributed by atoms with Crippen LogP contribution in [0.4, 0.5) is 10.5 Å². The van der Waals surface area contributed by atoms with E-state index in [1.165, 1.54) is 32.2 Å². The maximum Gasteiger partial charge on any atom is 0.327 e. The Morgan fingerprint density at radius 2 is 2.04 bits per heavy atom. The molecule has 0 aliphatic carbocycles. The summed E-state index contributed by atoms with van der Waals surface area (Å²) in [5, 5.41) is 3.03. The van der Waals surface area contributed by atoms with Gasteiger partial charge in [0.05, 0.1) is 19.3 Å². The third-order valence-corrected chi connectivity index (χ3v) is 4.00. The number of carbonyl (C=O) groups is 4. The topological polar surface area (TPSA) is 99.3 Å². The number of nitrogens with one attached hydrogen (secondary N) is 1. The van der Waals surface area contributed by atoms with Gasteiger partial charge in [-0.1, -0.05) is 11.6 Å². The molecule has 1 aliphatic heterocycles. The van der Waals surface area contributed by atoms with Crippen LogP contribution in [0.2, 0.25) is 5.02 Å². The zero-order valence-corrected chi connectivity index (χ0v) is 15.4. The van der Waals surface area contributed by atoms with Gasteiger partial charge in [-0.05, 0) is 18.2 Å². The van der Waals surface area contributed by atoms with Crippen molar-refractivity contribution in [1.29, 1.82) is 0 Å². The van der Waals surface area contributed by atoms with E-state index in [1.54, 1.807) is 12.1 Å². The summed E-state index contributed by atoms with van der Waals surface area (Å²) in [6.07, 6.45) is 0. The molecule has 0 unspecified atom stereocenters. The van der Waals surface area contributed by atoms with E-state index in [9.17, 15) is 19.2 Å². The van der Waals surface area contributed by atoms with Crippen LogP contribution in [0.15, 0.2) is 18.2 Å². The number of nitrogens with zero attached hydrogens (tertiary/aromatic N) is 3. The fourth-order valence-electron chi connectivity index (χ4n) is 2.35. The SMILES string of the molecule is COc1ccc(Cl)cc1NC(=O)CN(C)C(=O)CN1C(=O)CN(C)C1=O. The van der Waals surface area contributed by atoms with Crippen LogP contribution in [-0.2, 0) is 14.4 Å². The molecule has 2 rings (SSSR count). The summed E-state index contributed by atoms with van der Waals surface area (Å²) >= 11 is 5.90. The first-order valence-corrected chi connectivity index (χ1v) is 8.03. The Hall–Kier alpha value is -2.81. The summed E-state index contributed by atoms with van der Waals surface area (Å²) in [5.74, 6) is -1.03. The predicted octanol–water partition coefficient (Wildman–Crippen LogP) is 0.639. The van der Waals surface area contributed by atoms with E-state index in [0.717, 1.165) is 9.80 Å². The molecule has 9 nitrogen and oxygen atoms in total. The highest BCUT2D eigenvalue weighted by Gasteiger charge is 2.35. The molecule has 10 heteroatoms. The molecule has 5 amide bonds. The van der Waals surface area contributed by atoms with Crippen LogP contribution in [0.1, 0.15) is 0 Å². The summed E-state index contributed by atoms with van der Waals surface area (Å²) in [7, 11) is 4.34. The number of ether oxygens (including phenoxy) is 1. The van der Waals surface area contributed by atoms with Gasteiger partial charge in [-0.25, -0.2) is 4.79 Å². The summed E-state index contributed by atoms with van der Waals surface area (Å²) in [5.41, 5.74) is 0.373. The second kappa shape index (κ2) is 8.05. The van der Waals surface area contributed by atoms with Crippen LogP contribution < -0.4 is 10.1 Å². The molecular formula is C16H19ClN4O5. The third kappa shape index (κ3) is 4.42. The molecule has 1 aromatic rings. The molecule has 0 bridgehead atoms. The second-order valence-electron chi connectivity index (χ2n) is 5.76. The van der Waals surface area contributed by atoms with Crippen LogP contribution in [0.5, 0.6) is 5.75 Å². The van der Waals surface area contributed by atoms with Crippen molar-refractivity contribution in [3.05, 3.63) is 23.2 Å². The number of hydrogen-bond acceptors (Lipinski definition) is 5. The first-order chi connectivity index (χ1) is 12.2. The van der Waals surface area contributed by atoms with Gasteiger partial charge >= 0.3 is 6.03 Å². The smallest absolute Gasteiger partial charge is 0.327 e. The molecule has 1 N–H and O–H groups in total. The van der Waals surface area contributed by atoms with Crippen molar-refractivity contribution in [2.75, 3.05) is 46.2 Å². The lowest BCUT2D eigenvalue weighted by molar-refractivity contribution is -0.137. The molecule has 140 valence electrons. The van der Waals surface area contributed by atoms with Crippen molar-refractivity contribution >= 4 is 41.0 Å². The number of carbonyl (C=O) groups excluding carboxylic acids is 4. The van der Waals surface area contributed by atoms with Gasteiger partial charge in [0.1, 0.15) is 18.8 Å². The maximum absolute atomic E-state index is 12.2.